The van der Waals surface area contributed by atoms with E-state index in [0.29, 0.717) is 0 Å². The van der Waals surface area contributed by atoms with Crippen molar-refractivity contribution in [2.24, 2.45) is 0 Å². The summed E-state index contributed by atoms with van der Waals surface area (Å²) in [5, 5.41) is 7.79. The minimum atomic E-state index is -4.10. The number of nitriles is 1. The lowest BCUT2D eigenvalue weighted by Gasteiger charge is -2.15. The third-order valence-electron chi connectivity index (χ3n) is 2.61. The van der Waals surface area contributed by atoms with E-state index in [0.717, 1.165) is 0 Å². The van der Waals surface area contributed by atoms with E-state index in [1.807, 2.05) is 6.07 Å². The number of rotatable bonds is 5. The second-order valence-electron chi connectivity index (χ2n) is 3.87. The molecule has 0 spiro atoms. The number of sulfonamides is 2. The highest BCUT2D eigenvalue weighted by molar-refractivity contribution is 8.04. The molecule has 0 amide bonds. The molecule has 0 saturated carbocycles. The predicted octanol–water partition coefficient (Wildman–Crippen LogP) is 0.888. The molecule has 0 radical (unpaired) electrons. The Morgan fingerprint density at radius 2 is 1.84 bits per heavy atom. The largest absolute Gasteiger partial charge is 0.231 e. The highest BCUT2D eigenvalue weighted by Gasteiger charge is 2.28. The maximum absolute atomic E-state index is 12.0. The van der Waals surface area contributed by atoms with Crippen LogP contribution in [0.4, 0.5) is 0 Å². The van der Waals surface area contributed by atoms with Crippen LogP contribution in [-0.4, -0.2) is 22.6 Å². The van der Waals surface area contributed by atoms with Crippen molar-refractivity contribution in [1.82, 2.24) is 4.13 Å². The molecular weight excluding hydrogens is 288 g/mol. The van der Waals surface area contributed by atoms with Crippen LogP contribution in [0.15, 0.2) is 24.3 Å². The molecule has 0 aliphatic heterocycles. The van der Waals surface area contributed by atoms with Crippen LogP contribution in [0, 0.1) is 11.3 Å². The summed E-state index contributed by atoms with van der Waals surface area (Å²) >= 11 is 0. The molecule has 1 aromatic rings. The van der Waals surface area contributed by atoms with Crippen molar-refractivity contribution in [3.05, 3.63) is 35.4 Å². The van der Waals surface area contributed by atoms with E-state index in [9.17, 15) is 16.8 Å². The Kier molecular flexibility index (Phi) is 4.68. The van der Waals surface area contributed by atoms with Gasteiger partial charge in [0.2, 0.25) is 20.0 Å². The lowest BCUT2D eigenvalue weighted by atomic mass is 10.1. The Morgan fingerprint density at radius 1 is 1.26 bits per heavy atom. The molecule has 1 atom stereocenters. The first-order valence-electron chi connectivity index (χ1n) is 5.47. The Labute approximate surface area is 113 Å². The highest BCUT2D eigenvalue weighted by Crippen LogP contribution is 2.24. The Balaban J connectivity index is 3.20. The van der Waals surface area contributed by atoms with Gasteiger partial charge in [-0.15, -0.1) is 4.13 Å². The van der Waals surface area contributed by atoms with Gasteiger partial charge in [0, 0.05) is 0 Å². The van der Waals surface area contributed by atoms with Crippen LogP contribution in [0.5, 0.6) is 0 Å². The molecule has 8 heteroatoms. The lowest BCUT2D eigenvalue weighted by molar-refractivity contribution is 0.571. The first-order chi connectivity index (χ1) is 8.73. The van der Waals surface area contributed by atoms with Crippen LogP contribution in [0.1, 0.15) is 30.2 Å². The fourth-order valence-corrected chi connectivity index (χ4v) is 4.43. The molecule has 1 N–H and O–H groups in total. The Bertz CT molecular complexity index is 702. The van der Waals surface area contributed by atoms with Crippen molar-refractivity contribution >= 4 is 20.0 Å². The van der Waals surface area contributed by atoms with E-state index in [1.165, 1.54) is 26.0 Å². The first kappa shape index (κ1) is 15.6. The average Bonchev–Trinajstić information content (AvgIpc) is 2.36. The summed E-state index contributed by atoms with van der Waals surface area (Å²) in [6.07, 6.45) is 0. The third kappa shape index (κ3) is 3.76. The Morgan fingerprint density at radius 3 is 2.37 bits per heavy atom. The second-order valence-corrected chi connectivity index (χ2v) is 8.14. The van der Waals surface area contributed by atoms with Gasteiger partial charge in [-0.2, -0.15) is 5.26 Å². The molecule has 0 bridgehead atoms. The number of hydrogen-bond acceptors (Lipinski definition) is 5. The van der Waals surface area contributed by atoms with Crippen LogP contribution in [0.25, 0.3) is 0 Å². The molecule has 0 aliphatic carbocycles. The summed E-state index contributed by atoms with van der Waals surface area (Å²) in [6.45, 7) is 2.68. The number of hydrogen-bond donors (Lipinski definition) is 1. The first-order valence-corrected chi connectivity index (χ1v) is 8.67. The van der Waals surface area contributed by atoms with Crippen LogP contribution in [0.2, 0.25) is 0 Å². The van der Waals surface area contributed by atoms with Gasteiger partial charge in [0.05, 0.1) is 22.6 Å². The zero-order valence-corrected chi connectivity index (χ0v) is 12.1. The highest BCUT2D eigenvalue weighted by atomic mass is 32.3. The summed E-state index contributed by atoms with van der Waals surface area (Å²) in [5.41, 5.74) is 0.470. The molecule has 0 saturated heterocycles. The van der Waals surface area contributed by atoms with Crippen LogP contribution >= 0.6 is 0 Å². The van der Waals surface area contributed by atoms with Gasteiger partial charge in [-0.25, -0.2) is 16.8 Å². The molecule has 1 rings (SSSR count). The molecule has 1 aromatic carbocycles. The molecule has 0 heterocycles. The van der Waals surface area contributed by atoms with Gasteiger partial charge in [0.25, 0.3) is 0 Å². The molecule has 0 fully saturated rings. The van der Waals surface area contributed by atoms with Crippen molar-refractivity contribution in [3.8, 4) is 6.07 Å². The molecule has 104 valence electrons. The topological polar surface area (TPSA) is 104 Å². The third-order valence-corrected chi connectivity index (χ3v) is 6.50. The van der Waals surface area contributed by atoms with E-state index < -0.39 is 25.3 Å². The van der Waals surface area contributed by atoms with Crippen molar-refractivity contribution in [2.75, 3.05) is 5.75 Å². The van der Waals surface area contributed by atoms with E-state index in [-0.39, 0.29) is 16.9 Å². The summed E-state index contributed by atoms with van der Waals surface area (Å²) in [6, 6.07) is 8.06. The summed E-state index contributed by atoms with van der Waals surface area (Å²) in [7, 11) is -7.98. The lowest BCUT2D eigenvalue weighted by Crippen LogP contribution is -2.34. The predicted molar refractivity (Wildman–Crippen MR) is 71.1 cm³/mol. The summed E-state index contributed by atoms with van der Waals surface area (Å²) < 4.78 is 48.3. The Hall–Kier alpha value is -1.43. The van der Waals surface area contributed by atoms with E-state index in [2.05, 4.69) is 0 Å². The van der Waals surface area contributed by atoms with Gasteiger partial charge in [-0.1, -0.05) is 18.2 Å². The monoisotopic (exact) mass is 302 g/mol. The fraction of sp³-hybridized carbons (Fsp3) is 0.364. The van der Waals surface area contributed by atoms with Gasteiger partial charge >= 0.3 is 0 Å². The van der Waals surface area contributed by atoms with Gasteiger partial charge in [-0.05, 0) is 25.5 Å². The van der Waals surface area contributed by atoms with Crippen LogP contribution in [0.3, 0.4) is 0 Å². The van der Waals surface area contributed by atoms with Crippen molar-refractivity contribution < 1.29 is 16.8 Å². The smallest absolute Gasteiger partial charge is 0.211 e. The second kappa shape index (κ2) is 5.69. The van der Waals surface area contributed by atoms with Crippen LogP contribution < -0.4 is 4.13 Å². The SMILES string of the molecule is CCS(=O)(=O)NS(=O)(=O)C(C)c1ccccc1C#N. The van der Waals surface area contributed by atoms with E-state index in [1.54, 1.807) is 16.3 Å². The molecule has 6 nitrogen and oxygen atoms in total. The maximum Gasteiger partial charge on any atom is 0.231 e. The molecule has 19 heavy (non-hydrogen) atoms. The van der Waals surface area contributed by atoms with E-state index >= 15 is 0 Å². The summed E-state index contributed by atoms with van der Waals surface area (Å²) in [4.78, 5) is 0. The normalized spacial score (nSPS) is 13.7. The molecular formula is C11H14N2O4S2. The van der Waals surface area contributed by atoms with Crippen molar-refractivity contribution in [2.45, 2.75) is 19.1 Å². The summed E-state index contributed by atoms with van der Waals surface area (Å²) in [5.74, 6) is -0.334. The van der Waals surface area contributed by atoms with Gasteiger partial charge in [0.15, 0.2) is 0 Å². The maximum atomic E-state index is 12.0. The number of nitrogens with zero attached hydrogens (tertiary/aromatic N) is 1. The van der Waals surface area contributed by atoms with Crippen LogP contribution in [-0.2, 0) is 20.0 Å². The quantitative estimate of drug-likeness (QED) is 0.869. The van der Waals surface area contributed by atoms with Gasteiger partial charge in [0.1, 0.15) is 0 Å². The standard InChI is InChI=1S/C11H14N2O4S2/c1-3-18(14,15)13-19(16,17)9(2)11-7-5-4-6-10(11)8-12/h4-7,9,13H,3H2,1-2H3. The fourth-order valence-electron chi connectivity index (χ4n) is 1.43. The number of benzene rings is 1. The van der Waals surface area contributed by atoms with E-state index in [4.69, 9.17) is 5.26 Å². The zero-order valence-electron chi connectivity index (χ0n) is 10.5. The van der Waals surface area contributed by atoms with Gasteiger partial charge in [-0.3, -0.25) is 0 Å². The van der Waals surface area contributed by atoms with Crippen molar-refractivity contribution in [3.63, 3.8) is 0 Å². The number of nitrogens with one attached hydrogen (secondary N) is 1. The minimum Gasteiger partial charge on any atom is -0.211 e. The van der Waals surface area contributed by atoms with Gasteiger partial charge < -0.3 is 0 Å². The molecule has 0 aromatic heterocycles. The minimum absolute atomic E-state index is 0.203. The van der Waals surface area contributed by atoms with Crippen molar-refractivity contribution in [1.29, 1.82) is 5.26 Å². The average molecular weight is 302 g/mol. The zero-order chi connectivity index (χ0) is 14.7. The molecule has 0 aliphatic rings. The molecule has 1 unspecified atom stereocenters.